The highest BCUT2D eigenvalue weighted by Gasteiger charge is 2.80. The summed E-state index contributed by atoms with van der Waals surface area (Å²) in [5.74, 6) is -5.93. The Balaban J connectivity index is 1.68. The number of carbonyl (C=O) groups excluding carboxylic acids is 2. The average molecular weight is 593 g/mol. The highest BCUT2D eigenvalue weighted by Crippen LogP contribution is 2.74. The van der Waals surface area contributed by atoms with Crippen LogP contribution in [0, 0.1) is 0 Å². The Bertz CT molecular complexity index is 1330. The molecule has 4 nitrogen and oxygen atoms in total. The van der Waals surface area contributed by atoms with Gasteiger partial charge in [0.15, 0.2) is 0 Å². The minimum atomic E-state index is -3.33. The SMILES string of the molecule is NC(=O)C1(c2ccc(Cl)c(C(=O)NCC(F)(F)c3ccccc3)c2)C(c2cc(Cl)cc(Cl)c2)C1(Cl)Cl. The third kappa shape index (κ3) is 4.54. The quantitative estimate of drug-likeness (QED) is 0.294. The van der Waals surface area contributed by atoms with Gasteiger partial charge in [0.25, 0.3) is 11.8 Å². The van der Waals surface area contributed by atoms with Gasteiger partial charge in [-0.25, -0.2) is 0 Å². The topological polar surface area (TPSA) is 72.2 Å². The first-order valence-corrected chi connectivity index (χ1v) is 12.4. The number of amides is 2. The van der Waals surface area contributed by atoms with Crippen LogP contribution in [0.3, 0.4) is 0 Å². The number of carbonyl (C=O) groups is 2. The van der Waals surface area contributed by atoms with Crippen LogP contribution >= 0.6 is 58.0 Å². The molecule has 0 heterocycles. The standard InChI is InChI=1S/C25H17Cl5F2N2O2/c26-16-8-13(9-17(27)11-16)20-24(22(33)36,25(20,29)30)15-6-7-19(28)18(10-15)21(35)34-12-23(31,32)14-4-2-1-3-5-14/h1-11,20H,12H2,(H2,33,36)(H,34,35). The molecule has 0 bridgehead atoms. The van der Waals surface area contributed by atoms with Gasteiger partial charge >= 0.3 is 0 Å². The summed E-state index contributed by atoms with van der Waals surface area (Å²) in [7, 11) is 0. The largest absolute Gasteiger partial charge is 0.369 e. The van der Waals surface area contributed by atoms with Gasteiger partial charge in [0.1, 0.15) is 9.75 Å². The summed E-state index contributed by atoms with van der Waals surface area (Å²) in [6.45, 7) is -0.976. The lowest BCUT2D eigenvalue weighted by atomic mass is 9.88. The van der Waals surface area contributed by atoms with Crippen LogP contribution in [0.2, 0.25) is 15.1 Å². The molecule has 3 N–H and O–H groups in total. The summed E-state index contributed by atoms with van der Waals surface area (Å²) >= 11 is 31.7. The smallest absolute Gasteiger partial charge is 0.290 e. The Morgan fingerprint density at radius 2 is 1.56 bits per heavy atom. The fourth-order valence-corrected chi connectivity index (χ4v) is 6.27. The molecule has 11 heteroatoms. The van der Waals surface area contributed by atoms with Gasteiger partial charge in [0.05, 0.1) is 17.1 Å². The molecule has 3 aromatic carbocycles. The van der Waals surface area contributed by atoms with E-state index in [1.807, 2.05) is 0 Å². The van der Waals surface area contributed by atoms with E-state index in [-0.39, 0.29) is 21.7 Å². The van der Waals surface area contributed by atoms with E-state index in [4.69, 9.17) is 63.7 Å². The van der Waals surface area contributed by atoms with Crippen molar-refractivity contribution in [3.8, 4) is 0 Å². The fraction of sp³-hybridized carbons (Fsp3) is 0.200. The molecule has 1 saturated carbocycles. The maximum atomic E-state index is 14.6. The van der Waals surface area contributed by atoms with E-state index in [9.17, 15) is 18.4 Å². The lowest BCUT2D eigenvalue weighted by Crippen LogP contribution is -2.36. The Kier molecular flexibility index (Phi) is 7.23. The highest BCUT2D eigenvalue weighted by atomic mass is 35.5. The van der Waals surface area contributed by atoms with Gasteiger partial charge < -0.3 is 11.1 Å². The summed E-state index contributed by atoms with van der Waals surface area (Å²) in [5.41, 5.74) is 4.35. The molecule has 0 saturated heterocycles. The Hall–Kier alpha value is -2.09. The van der Waals surface area contributed by atoms with Gasteiger partial charge in [-0.05, 0) is 41.5 Å². The number of hydrogen-bond donors (Lipinski definition) is 2. The van der Waals surface area contributed by atoms with Crippen molar-refractivity contribution in [3.05, 3.63) is 104 Å². The van der Waals surface area contributed by atoms with Crippen molar-refractivity contribution in [1.29, 1.82) is 0 Å². The summed E-state index contributed by atoms with van der Waals surface area (Å²) in [6, 6.07) is 15.7. The lowest BCUT2D eigenvalue weighted by Gasteiger charge is -2.19. The van der Waals surface area contributed by atoms with Crippen molar-refractivity contribution in [2.45, 2.75) is 21.6 Å². The molecule has 2 unspecified atom stereocenters. The number of nitrogens with two attached hydrogens (primary N) is 1. The first-order chi connectivity index (χ1) is 16.8. The molecule has 0 spiro atoms. The van der Waals surface area contributed by atoms with Crippen molar-refractivity contribution in [2.75, 3.05) is 6.54 Å². The summed E-state index contributed by atoms with van der Waals surface area (Å²) in [6.07, 6.45) is 0. The maximum absolute atomic E-state index is 14.6. The van der Waals surface area contributed by atoms with Crippen molar-refractivity contribution >= 4 is 69.8 Å². The average Bonchev–Trinajstić information content (AvgIpc) is 3.35. The molecule has 0 radical (unpaired) electrons. The number of nitrogens with one attached hydrogen (secondary N) is 1. The molecule has 1 aliphatic rings. The number of hydrogen-bond acceptors (Lipinski definition) is 2. The molecule has 1 aliphatic carbocycles. The molecule has 2 amide bonds. The van der Waals surface area contributed by atoms with Crippen LogP contribution in [0.25, 0.3) is 0 Å². The Labute approximate surface area is 230 Å². The molecular formula is C25H17Cl5F2N2O2. The minimum absolute atomic E-state index is 0.0309. The van der Waals surface area contributed by atoms with Gasteiger partial charge in [-0.15, -0.1) is 0 Å². The molecule has 188 valence electrons. The molecule has 1 fully saturated rings. The van der Waals surface area contributed by atoms with Crippen LogP contribution in [0.4, 0.5) is 8.78 Å². The van der Waals surface area contributed by atoms with Gasteiger partial charge in [-0.1, -0.05) is 94.4 Å². The maximum Gasteiger partial charge on any atom is 0.290 e. The molecular weight excluding hydrogens is 576 g/mol. The summed E-state index contributed by atoms with van der Waals surface area (Å²) < 4.78 is 27.4. The Morgan fingerprint density at radius 3 is 2.14 bits per heavy atom. The van der Waals surface area contributed by atoms with Crippen LogP contribution in [0.1, 0.15) is 33.0 Å². The highest BCUT2D eigenvalue weighted by molar-refractivity contribution is 6.55. The van der Waals surface area contributed by atoms with Crippen LogP contribution < -0.4 is 11.1 Å². The summed E-state index contributed by atoms with van der Waals surface area (Å²) in [4.78, 5) is 25.7. The van der Waals surface area contributed by atoms with E-state index < -0.39 is 39.9 Å². The van der Waals surface area contributed by atoms with Crippen LogP contribution in [0.15, 0.2) is 66.7 Å². The molecule has 3 aromatic rings. The predicted molar refractivity (Wildman–Crippen MR) is 139 cm³/mol. The number of alkyl halides is 4. The second-order valence-corrected chi connectivity index (χ2v) is 11.0. The first kappa shape index (κ1) is 27.0. The predicted octanol–water partition coefficient (Wildman–Crippen LogP) is 6.86. The van der Waals surface area contributed by atoms with Crippen LogP contribution in [-0.2, 0) is 16.1 Å². The normalized spacial score (nSPS) is 20.6. The van der Waals surface area contributed by atoms with E-state index >= 15 is 0 Å². The molecule has 0 aliphatic heterocycles. The lowest BCUT2D eigenvalue weighted by molar-refractivity contribution is -0.120. The van der Waals surface area contributed by atoms with Crippen molar-refractivity contribution in [2.24, 2.45) is 5.73 Å². The van der Waals surface area contributed by atoms with Gasteiger partial charge in [-0.2, -0.15) is 8.78 Å². The van der Waals surface area contributed by atoms with Gasteiger partial charge in [-0.3, -0.25) is 9.59 Å². The molecule has 2 atom stereocenters. The van der Waals surface area contributed by atoms with Crippen LogP contribution in [0.5, 0.6) is 0 Å². The molecule has 0 aromatic heterocycles. The molecule has 4 rings (SSSR count). The zero-order chi connectivity index (χ0) is 26.5. The number of primary amides is 1. The van der Waals surface area contributed by atoms with Crippen molar-refractivity contribution in [3.63, 3.8) is 0 Å². The van der Waals surface area contributed by atoms with Gasteiger partial charge in [0, 0.05) is 21.5 Å². The fourth-order valence-electron chi connectivity index (χ4n) is 4.43. The second-order valence-electron chi connectivity index (χ2n) is 8.38. The van der Waals surface area contributed by atoms with Crippen molar-refractivity contribution < 1.29 is 18.4 Å². The minimum Gasteiger partial charge on any atom is -0.369 e. The monoisotopic (exact) mass is 590 g/mol. The second kappa shape index (κ2) is 9.66. The van der Waals surface area contributed by atoms with Crippen LogP contribution in [-0.4, -0.2) is 22.7 Å². The summed E-state index contributed by atoms with van der Waals surface area (Å²) in [5, 5.41) is 2.75. The molecule has 36 heavy (non-hydrogen) atoms. The number of benzene rings is 3. The van der Waals surface area contributed by atoms with Crippen molar-refractivity contribution in [1.82, 2.24) is 5.32 Å². The number of rotatable bonds is 7. The number of halogens is 7. The first-order valence-electron chi connectivity index (χ1n) is 10.5. The van der Waals surface area contributed by atoms with Gasteiger partial charge in [0.2, 0.25) is 5.91 Å². The Morgan fingerprint density at radius 1 is 0.944 bits per heavy atom. The van der Waals surface area contributed by atoms with E-state index in [0.717, 1.165) is 0 Å². The van der Waals surface area contributed by atoms with E-state index in [0.29, 0.717) is 15.6 Å². The van der Waals surface area contributed by atoms with E-state index in [1.54, 1.807) is 18.2 Å². The van der Waals surface area contributed by atoms with E-state index in [2.05, 4.69) is 5.32 Å². The zero-order valence-electron chi connectivity index (χ0n) is 18.2. The third-order valence-corrected chi connectivity index (χ3v) is 7.98. The van der Waals surface area contributed by atoms with E-state index in [1.165, 1.54) is 48.5 Å². The third-order valence-electron chi connectivity index (χ3n) is 6.18. The zero-order valence-corrected chi connectivity index (χ0v) is 22.0.